The van der Waals surface area contributed by atoms with Crippen LogP contribution in [-0.4, -0.2) is 34.9 Å². The Kier molecular flexibility index (Phi) is 40.4. The van der Waals surface area contributed by atoms with E-state index in [0.717, 1.165) is 70.6 Å². The zero-order chi connectivity index (χ0) is 37.1. The molecule has 2 atom stereocenters. The molecule has 4 nitrogen and oxygen atoms in total. The number of allylic oxidation sites excluding steroid dienone is 12. The van der Waals surface area contributed by atoms with Gasteiger partial charge in [-0.05, 0) is 64.2 Å². The number of rotatable bonds is 38. The first-order chi connectivity index (χ1) is 25.2. The van der Waals surface area contributed by atoms with E-state index >= 15 is 0 Å². The third-order valence-electron chi connectivity index (χ3n) is 9.48. The normalized spacial score (nSPS) is 13.7. The number of carbonyl (C=O) groups is 1. The third kappa shape index (κ3) is 38.9. The molecular formula is C47H83NO3. The van der Waals surface area contributed by atoms with Gasteiger partial charge in [0.2, 0.25) is 5.91 Å². The standard InChI is InChI=1S/C47H83NO3/c1-3-5-7-9-11-13-15-17-19-21-23-24-25-27-29-31-33-35-37-39-41-43-47(51)48-45(44-49)46(50)42-40-38-36-34-32-30-28-26-22-20-18-16-14-12-10-8-6-4-2/h5,7,11,13,17,19,23-24,27,29,33,35,45-46,49-50H,3-4,6,8-10,12,14-16,18,20-22,25-26,28,30-32,34,36-44H2,1-2H3,(H,48,51)/b7-5-,13-11-,19-17-,24-23-,29-27-,35-33-. The smallest absolute Gasteiger partial charge is 0.220 e. The molecule has 0 fully saturated rings. The molecule has 51 heavy (non-hydrogen) atoms. The Labute approximate surface area is 317 Å². The lowest BCUT2D eigenvalue weighted by Crippen LogP contribution is -2.45. The third-order valence-corrected chi connectivity index (χ3v) is 9.48. The summed E-state index contributed by atoms with van der Waals surface area (Å²) in [5, 5.41) is 23.1. The quantitative estimate of drug-likeness (QED) is 0.0441. The predicted octanol–water partition coefficient (Wildman–Crippen LogP) is 13.5. The summed E-state index contributed by atoms with van der Waals surface area (Å²) in [4.78, 5) is 12.4. The van der Waals surface area contributed by atoms with Crippen molar-refractivity contribution in [3.8, 4) is 0 Å². The zero-order valence-electron chi connectivity index (χ0n) is 33.6. The highest BCUT2D eigenvalue weighted by Crippen LogP contribution is 2.15. The Morgan fingerprint density at radius 3 is 1.25 bits per heavy atom. The summed E-state index contributed by atoms with van der Waals surface area (Å²) >= 11 is 0. The van der Waals surface area contributed by atoms with E-state index < -0.39 is 12.1 Å². The molecule has 0 saturated carbocycles. The second kappa shape index (κ2) is 42.2. The maximum Gasteiger partial charge on any atom is 0.220 e. The van der Waals surface area contributed by atoms with E-state index in [4.69, 9.17) is 0 Å². The van der Waals surface area contributed by atoms with Crippen molar-refractivity contribution in [2.45, 2.75) is 212 Å². The van der Waals surface area contributed by atoms with Crippen LogP contribution in [0.25, 0.3) is 0 Å². The van der Waals surface area contributed by atoms with E-state index in [9.17, 15) is 15.0 Å². The van der Waals surface area contributed by atoms with Crippen molar-refractivity contribution in [2.24, 2.45) is 0 Å². The van der Waals surface area contributed by atoms with Crippen LogP contribution < -0.4 is 5.32 Å². The fraction of sp³-hybridized carbons (Fsp3) is 0.723. The van der Waals surface area contributed by atoms with E-state index in [0.29, 0.717) is 12.8 Å². The molecule has 0 bridgehead atoms. The topological polar surface area (TPSA) is 69.6 Å². The minimum absolute atomic E-state index is 0.0753. The van der Waals surface area contributed by atoms with E-state index in [1.807, 2.05) is 0 Å². The number of aliphatic hydroxyl groups excluding tert-OH is 2. The van der Waals surface area contributed by atoms with E-state index in [-0.39, 0.29) is 12.5 Å². The summed E-state index contributed by atoms with van der Waals surface area (Å²) in [5.74, 6) is -0.0753. The van der Waals surface area contributed by atoms with Crippen molar-refractivity contribution >= 4 is 5.91 Å². The van der Waals surface area contributed by atoms with Gasteiger partial charge >= 0.3 is 0 Å². The van der Waals surface area contributed by atoms with Crippen LogP contribution in [0.4, 0.5) is 0 Å². The number of carbonyl (C=O) groups excluding carboxylic acids is 1. The van der Waals surface area contributed by atoms with Crippen molar-refractivity contribution in [1.29, 1.82) is 0 Å². The van der Waals surface area contributed by atoms with Crippen LogP contribution in [-0.2, 0) is 4.79 Å². The monoisotopic (exact) mass is 710 g/mol. The van der Waals surface area contributed by atoms with Crippen molar-refractivity contribution < 1.29 is 15.0 Å². The summed E-state index contributed by atoms with van der Waals surface area (Å²) in [5.41, 5.74) is 0. The summed E-state index contributed by atoms with van der Waals surface area (Å²) in [7, 11) is 0. The van der Waals surface area contributed by atoms with Crippen LogP contribution >= 0.6 is 0 Å². The summed E-state index contributed by atoms with van der Waals surface area (Å²) in [6, 6.07) is -0.563. The first-order valence-electron chi connectivity index (χ1n) is 21.6. The number of hydrogen-bond acceptors (Lipinski definition) is 3. The first-order valence-corrected chi connectivity index (χ1v) is 21.6. The number of unbranched alkanes of at least 4 members (excludes halogenated alkanes) is 19. The minimum atomic E-state index is -0.682. The number of nitrogens with one attached hydrogen (secondary N) is 1. The van der Waals surface area contributed by atoms with Crippen molar-refractivity contribution in [2.75, 3.05) is 6.61 Å². The Morgan fingerprint density at radius 2 is 0.863 bits per heavy atom. The van der Waals surface area contributed by atoms with Gasteiger partial charge in [0.25, 0.3) is 0 Å². The summed E-state index contributed by atoms with van der Waals surface area (Å²) in [6.07, 6.45) is 59.7. The first kappa shape index (κ1) is 48.8. The SMILES string of the molecule is CC/C=C\C/C=C\C/C=C\C/C=C\C/C=C\C/C=C\CCCCC(=O)NC(CO)C(O)CCCCCCCCCCCCCCCCCCCC. The van der Waals surface area contributed by atoms with E-state index in [1.54, 1.807) is 0 Å². The maximum absolute atomic E-state index is 12.4. The lowest BCUT2D eigenvalue weighted by Gasteiger charge is -2.22. The maximum atomic E-state index is 12.4. The van der Waals surface area contributed by atoms with Gasteiger partial charge in [-0.15, -0.1) is 0 Å². The fourth-order valence-electron chi connectivity index (χ4n) is 6.19. The molecule has 0 aromatic heterocycles. The van der Waals surface area contributed by atoms with Crippen LogP contribution in [0.3, 0.4) is 0 Å². The molecule has 0 aliphatic rings. The average Bonchev–Trinajstić information content (AvgIpc) is 3.13. The molecule has 0 aliphatic carbocycles. The van der Waals surface area contributed by atoms with Crippen LogP contribution in [0.1, 0.15) is 200 Å². The largest absolute Gasteiger partial charge is 0.394 e. The molecule has 0 saturated heterocycles. The highest BCUT2D eigenvalue weighted by atomic mass is 16.3. The van der Waals surface area contributed by atoms with Crippen LogP contribution in [0.5, 0.6) is 0 Å². The Morgan fingerprint density at radius 1 is 0.490 bits per heavy atom. The number of amides is 1. The Bertz CT molecular complexity index is 899. The van der Waals surface area contributed by atoms with Gasteiger partial charge in [0, 0.05) is 6.42 Å². The molecule has 3 N–H and O–H groups in total. The van der Waals surface area contributed by atoms with Gasteiger partial charge in [-0.3, -0.25) is 4.79 Å². The highest BCUT2D eigenvalue weighted by Gasteiger charge is 2.19. The zero-order valence-corrected chi connectivity index (χ0v) is 33.6. The molecule has 1 amide bonds. The second-order valence-electron chi connectivity index (χ2n) is 14.4. The van der Waals surface area contributed by atoms with Crippen molar-refractivity contribution in [1.82, 2.24) is 5.32 Å². The van der Waals surface area contributed by atoms with Gasteiger partial charge in [0.1, 0.15) is 0 Å². The molecule has 4 heteroatoms. The Balaban J connectivity index is 3.66. The van der Waals surface area contributed by atoms with Gasteiger partial charge in [-0.2, -0.15) is 0 Å². The van der Waals surface area contributed by atoms with Gasteiger partial charge in [0.05, 0.1) is 18.8 Å². The molecule has 0 spiro atoms. The van der Waals surface area contributed by atoms with Gasteiger partial charge in [0.15, 0.2) is 0 Å². The van der Waals surface area contributed by atoms with Crippen LogP contribution in [0.2, 0.25) is 0 Å². The fourth-order valence-corrected chi connectivity index (χ4v) is 6.19. The van der Waals surface area contributed by atoms with Crippen molar-refractivity contribution in [3.05, 3.63) is 72.9 Å². The van der Waals surface area contributed by atoms with E-state index in [2.05, 4.69) is 92.1 Å². The average molecular weight is 710 g/mol. The van der Waals surface area contributed by atoms with Crippen LogP contribution in [0, 0.1) is 0 Å². The van der Waals surface area contributed by atoms with Gasteiger partial charge < -0.3 is 15.5 Å². The molecule has 0 radical (unpaired) electrons. The molecule has 0 aromatic rings. The highest BCUT2D eigenvalue weighted by molar-refractivity contribution is 5.76. The molecule has 294 valence electrons. The predicted molar refractivity (Wildman–Crippen MR) is 225 cm³/mol. The van der Waals surface area contributed by atoms with Gasteiger partial charge in [-0.1, -0.05) is 202 Å². The molecule has 0 aliphatic heterocycles. The molecule has 0 aromatic carbocycles. The lowest BCUT2D eigenvalue weighted by atomic mass is 10.0. The lowest BCUT2D eigenvalue weighted by molar-refractivity contribution is -0.123. The van der Waals surface area contributed by atoms with E-state index in [1.165, 1.54) is 103 Å². The molecule has 2 unspecified atom stereocenters. The van der Waals surface area contributed by atoms with Crippen LogP contribution in [0.15, 0.2) is 72.9 Å². The van der Waals surface area contributed by atoms with Gasteiger partial charge in [-0.25, -0.2) is 0 Å². The minimum Gasteiger partial charge on any atom is -0.394 e. The number of aliphatic hydroxyl groups is 2. The molecule has 0 heterocycles. The number of hydrogen-bond donors (Lipinski definition) is 3. The second-order valence-corrected chi connectivity index (χ2v) is 14.4. The summed E-state index contributed by atoms with van der Waals surface area (Å²) < 4.78 is 0. The van der Waals surface area contributed by atoms with Crippen molar-refractivity contribution in [3.63, 3.8) is 0 Å². The molecular weight excluding hydrogens is 627 g/mol. The Hall–Kier alpha value is -2.17. The summed E-state index contributed by atoms with van der Waals surface area (Å²) in [6.45, 7) is 4.22. The molecule has 0 rings (SSSR count).